The fraction of sp³-hybridized carbons (Fsp3) is 0.429. The van der Waals surface area contributed by atoms with E-state index in [0.29, 0.717) is 17.6 Å². The van der Waals surface area contributed by atoms with E-state index in [1.165, 1.54) is 17.2 Å². The van der Waals surface area contributed by atoms with E-state index in [9.17, 15) is 9.59 Å². The third-order valence-corrected chi connectivity index (χ3v) is 5.49. The lowest BCUT2D eigenvalue weighted by molar-refractivity contribution is -0.135. The van der Waals surface area contributed by atoms with Crippen LogP contribution in [0.2, 0.25) is 0 Å². The van der Waals surface area contributed by atoms with Gasteiger partial charge in [0.25, 0.3) is 5.56 Å². The van der Waals surface area contributed by atoms with Gasteiger partial charge in [0.15, 0.2) is 0 Å². The molecule has 0 saturated heterocycles. The molecule has 1 aromatic carbocycles. The molecule has 0 bridgehead atoms. The maximum Gasteiger partial charge on any atom is 0.269 e. The molecule has 7 nitrogen and oxygen atoms in total. The normalized spacial score (nSPS) is 15.0. The summed E-state index contributed by atoms with van der Waals surface area (Å²) in [6.07, 6.45) is 10.6. The number of para-hydroxylation sites is 2. The number of hydrogen-bond donors (Lipinski definition) is 0. The number of rotatable bonds is 5. The molecule has 0 spiro atoms. The molecule has 2 aromatic heterocycles. The van der Waals surface area contributed by atoms with Crippen molar-refractivity contribution in [2.75, 3.05) is 0 Å². The number of aryl methyl sites for hydroxylation is 1. The second-order valence-electron chi connectivity index (χ2n) is 7.51. The highest BCUT2D eigenvalue weighted by atomic mass is 16.2. The Hall–Kier alpha value is -2.96. The summed E-state index contributed by atoms with van der Waals surface area (Å²) in [5.41, 5.74) is 2.16. The Labute approximate surface area is 163 Å². The van der Waals surface area contributed by atoms with Crippen molar-refractivity contribution in [1.29, 1.82) is 0 Å². The van der Waals surface area contributed by atoms with Gasteiger partial charge in [0.2, 0.25) is 5.91 Å². The molecule has 1 aliphatic carbocycles. The largest absolute Gasteiger partial charge is 0.334 e. The van der Waals surface area contributed by atoms with Gasteiger partial charge in [0.05, 0.1) is 23.4 Å². The lowest BCUT2D eigenvalue weighted by atomic mass is 9.94. The minimum atomic E-state index is -0.253. The third kappa shape index (κ3) is 3.83. The van der Waals surface area contributed by atoms with Gasteiger partial charge in [-0.15, -0.1) is 0 Å². The zero-order valence-corrected chi connectivity index (χ0v) is 16.1. The summed E-state index contributed by atoms with van der Waals surface area (Å²) in [6.45, 7) is 0.549. The summed E-state index contributed by atoms with van der Waals surface area (Å²) in [7, 11) is 1.87. The van der Waals surface area contributed by atoms with Crippen LogP contribution in [-0.4, -0.2) is 36.2 Å². The molecule has 0 aliphatic heterocycles. The summed E-state index contributed by atoms with van der Waals surface area (Å²) < 4.78 is 3.28. The number of carbonyl (C=O) groups is 1. The quantitative estimate of drug-likeness (QED) is 0.683. The van der Waals surface area contributed by atoms with Crippen LogP contribution in [0, 0.1) is 0 Å². The Balaban J connectivity index is 1.64. The SMILES string of the molecule is Cn1cc(CN(C(=O)Cn2c(=O)cnc3ccccc32)C2CCCCC2)cn1. The smallest absolute Gasteiger partial charge is 0.269 e. The van der Waals surface area contributed by atoms with E-state index in [2.05, 4.69) is 10.1 Å². The fourth-order valence-corrected chi connectivity index (χ4v) is 4.07. The number of aromatic nitrogens is 4. The molecule has 0 atom stereocenters. The van der Waals surface area contributed by atoms with E-state index in [0.717, 1.165) is 31.2 Å². The summed E-state index contributed by atoms with van der Waals surface area (Å²) in [4.78, 5) is 31.9. The molecule has 28 heavy (non-hydrogen) atoms. The van der Waals surface area contributed by atoms with Crippen LogP contribution < -0.4 is 5.56 Å². The zero-order valence-electron chi connectivity index (χ0n) is 16.1. The first-order valence-electron chi connectivity index (χ1n) is 9.83. The lowest BCUT2D eigenvalue weighted by Gasteiger charge is -2.34. The minimum absolute atomic E-state index is 0.0264. The van der Waals surface area contributed by atoms with E-state index in [1.54, 1.807) is 10.9 Å². The Bertz CT molecular complexity index is 1030. The Morgan fingerprint density at radius 1 is 1.18 bits per heavy atom. The Morgan fingerprint density at radius 2 is 1.96 bits per heavy atom. The number of fused-ring (bicyclic) bond motifs is 1. The van der Waals surface area contributed by atoms with Crippen molar-refractivity contribution in [3.63, 3.8) is 0 Å². The van der Waals surface area contributed by atoms with Crippen LogP contribution >= 0.6 is 0 Å². The first-order chi connectivity index (χ1) is 13.6. The van der Waals surface area contributed by atoms with Gasteiger partial charge in [0, 0.05) is 31.4 Å². The molecule has 1 amide bonds. The number of hydrogen-bond acceptors (Lipinski definition) is 4. The maximum absolute atomic E-state index is 13.3. The van der Waals surface area contributed by atoms with Crippen molar-refractivity contribution < 1.29 is 4.79 Å². The number of nitrogens with zero attached hydrogens (tertiary/aromatic N) is 5. The van der Waals surface area contributed by atoms with Gasteiger partial charge in [-0.25, -0.2) is 4.98 Å². The van der Waals surface area contributed by atoms with Crippen LogP contribution in [0.15, 0.2) is 47.7 Å². The summed E-state index contributed by atoms with van der Waals surface area (Å²) in [5.74, 6) is -0.0331. The second kappa shape index (κ2) is 7.96. The van der Waals surface area contributed by atoms with E-state index in [1.807, 2.05) is 42.4 Å². The number of amides is 1. The van der Waals surface area contributed by atoms with Crippen molar-refractivity contribution in [3.8, 4) is 0 Å². The molecule has 0 N–H and O–H groups in total. The van der Waals surface area contributed by atoms with Gasteiger partial charge in [-0.05, 0) is 25.0 Å². The number of carbonyl (C=O) groups excluding carboxylic acids is 1. The van der Waals surface area contributed by atoms with Crippen LogP contribution in [0.3, 0.4) is 0 Å². The summed E-state index contributed by atoms with van der Waals surface area (Å²) >= 11 is 0. The highest BCUT2D eigenvalue weighted by Gasteiger charge is 2.26. The molecule has 1 fully saturated rings. The van der Waals surface area contributed by atoms with Crippen molar-refractivity contribution >= 4 is 16.9 Å². The van der Waals surface area contributed by atoms with Gasteiger partial charge in [0.1, 0.15) is 6.54 Å². The van der Waals surface area contributed by atoms with Gasteiger partial charge in [-0.2, -0.15) is 5.10 Å². The van der Waals surface area contributed by atoms with Crippen molar-refractivity contribution in [1.82, 2.24) is 24.2 Å². The van der Waals surface area contributed by atoms with Crippen LogP contribution in [0.5, 0.6) is 0 Å². The van der Waals surface area contributed by atoms with Crippen LogP contribution in [-0.2, 0) is 24.9 Å². The zero-order chi connectivity index (χ0) is 19.5. The molecule has 4 rings (SSSR count). The molecule has 7 heteroatoms. The van der Waals surface area contributed by atoms with E-state index in [4.69, 9.17) is 0 Å². The molecule has 2 heterocycles. The first kappa shape index (κ1) is 18.4. The Kier molecular flexibility index (Phi) is 5.23. The minimum Gasteiger partial charge on any atom is -0.334 e. The predicted octanol–water partition coefficient (Wildman–Crippen LogP) is 2.49. The molecule has 146 valence electrons. The summed E-state index contributed by atoms with van der Waals surface area (Å²) in [5, 5.41) is 4.23. The van der Waals surface area contributed by atoms with Gasteiger partial charge >= 0.3 is 0 Å². The first-order valence-corrected chi connectivity index (χ1v) is 9.83. The van der Waals surface area contributed by atoms with Gasteiger partial charge in [-0.3, -0.25) is 18.8 Å². The van der Waals surface area contributed by atoms with Crippen LogP contribution in [0.1, 0.15) is 37.7 Å². The predicted molar refractivity (Wildman–Crippen MR) is 107 cm³/mol. The fourth-order valence-electron chi connectivity index (χ4n) is 4.07. The molecule has 0 unspecified atom stereocenters. The molecule has 0 radical (unpaired) electrons. The van der Waals surface area contributed by atoms with Crippen molar-refractivity contribution in [2.45, 2.75) is 51.2 Å². The highest BCUT2D eigenvalue weighted by Crippen LogP contribution is 2.24. The van der Waals surface area contributed by atoms with E-state index in [-0.39, 0.29) is 24.1 Å². The maximum atomic E-state index is 13.3. The Morgan fingerprint density at radius 3 is 2.71 bits per heavy atom. The standard InChI is InChI=1S/C21H25N5O2/c1-24-13-16(11-23-24)14-25(17-7-3-2-4-8-17)21(28)15-26-19-10-6-5-9-18(19)22-12-20(26)27/h5-6,9-13,17H,2-4,7-8,14-15H2,1H3. The van der Waals surface area contributed by atoms with E-state index < -0.39 is 0 Å². The number of benzene rings is 1. The van der Waals surface area contributed by atoms with Gasteiger partial charge in [-0.1, -0.05) is 31.4 Å². The van der Waals surface area contributed by atoms with Crippen molar-refractivity contribution in [2.24, 2.45) is 7.05 Å². The lowest BCUT2D eigenvalue weighted by Crippen LogP contribution is -2.43. The van der Waals surface area contributed by atoms with Gasteiger partial charge < -0.3 is 4.90 Å². The third-order valence-electron chi connectivity index (χ3n) is 5.49. The van der Waals surface area contributed by atoms with E-state index >= 15 is 0 Å². The second-order valence-corrected chi connectivity index (χ2v) is 7.51. The highest BCUT2D eigenvalue weighted by molar-refractivity contribution is 5.80. The molecule has 1 aliphatic rings. The average molecular weight is 379 g/mol. The molecular weight excluding hydrogens is 354 g/mol. The van der Waals surface area contributed by atoms with Crippen LogP contribution in [0.4, 0.5) is 0 Å². The van der Waals surface area contributed by atoms with Crippen LogP contribution in [0.25, 0.3) is 11.0 Å². The molecule has 1 saturated carbocycles. The monoisotopic (exact) mass is 379 g/mol. The van der Waals surface area contributed by atoms with Crippen molar-refractivity contribution in [3.05, 3.63) is 58.8 Å². The summed E-state index contributed by atoms with van der Waals surface area (Å²) in [6, 6.07) is 7.64. The molecule has 3 aromatic rings. The average Bonchev–Trinajstić information content (AvgIpc) is 3.14. The topological polar surface area (TPSA) is 73.0 Å². The molecular formula is C21H25N5O2.